The van der Waals surface area contributed by atoms with Crippen LogP contribution < -0.4 is 16.0 Å². The molecule has 0 saturated carbocycles. The van der Waals surface area contributed by atoms with E-state index in [9.17, 15) is 9.59 Å². The van der Waals surface area contributed by atoms with Crippen molar-refractivity contribution >= 4 is 34.8 Å². The van der Waals surface area contributed by atoms with Gasteiger partial charge in [-0.2, -0.15) is 0 Å². The highest BCUT2D eigenvalue weighted by Gasteiger charge is 2.17. The molecule has 5 nitrogen and oxygen atoms in total. The monoisotopic (exact) mass is 473 g/mol. The third kappa shape index (κ3) is 7.52. The number of hydrogen-bond acceptors (Lipinski definition) is 3. The Kier molecular flexibility index (Phi) is 8.93. The number of benzene rings is 3. The minimum Gasteiger partial charge on any atom is -0.348 e. The number of anilines is 1. The van der Waals surface area contributed by atoms with Crippen molar-refractivity contribution in [2.45, 2.75) is 39.7 Å². The number of nitrogens with one attached hydrogen (secondary N) is 3. The molecule has 0 aliphatic rings. The van der Waals surface area contributed by atoms with Crippen LogP contribution in [0.3, 0.4) is 0 Å². The van der Waals surface area contributed by atoms with Crippen LogP contribution in [-0.4, -0.2) is 16.9 Å². The third-order valence-corrected chi connectivity index (χ3v) is 5.64. The first-order valence-corrected chi connectivity index (χ1v) is 11.9. The van der Waals surface area contributed by atoms with E-state index in [-0.39, 0.29) is 22.8 Å². The molecule has 3 rings (SSSR count). The zero-order valence-corrected chi connectivity index (χ0v) is 20.6. The first-order chi connectivity index (χ1) is 16.3. The Morgan fingerprint density at radius 3 is 2.24 bits per heavy atom. The van der Waals surface area contributed by atoms with Crippen LogP contribution >= 0.6 is 12.2 Å². The summed E-state index contributed by atoms with van der Waals surface area (Å²) in [6.45, 7) is 6.67. The van der Waals surface area contributed by atoms with Crippen molar-refractivity contribution in [1.29, 1.82) is 0 Å². The molecule has 0 aliphatic carbocycles. The molecular weight excluding hydrogens is 442 g/mol. The van der Waals surface area contributed by atoms with Crippen molar-refractivity contribution in [3.8, 4) is 0 Å². The lowest BCUT2D eigenvalue weighted by atomic mass is 9.96. The predicted molar refractivity (Wildman–Crippen MR) is 142 cm³/mol. The Morgan fingerprint density at radius 2 is 1.56 bits per heavy atom. The summed E-state index contributed by atoms with van der Waals surface area (Å²) in [5.74, 6) is -0.130. The summed E-state index contributed by atoms with van der Waals surface area (Å²) in [5, 5.41) is 8.84. The Balaban J connectivity index is 1.53. The summed E-state index contributed by atoms with van der Waals surface area (Å²) in [6, 6.07) is 24.9. The fraction of sp³-hybridized carbons (Fsp3) is 0.250. The Hall–Kier alpha value is -3.51. The topological polar surface area (TPSA) is 70.2 Å². The summed E-state index contributed by atoms with van der Waals surface area (Å²) in [6.07, 6.45) is 1.01. The summed E-state index contributed by atoms with van der Waals surface area (Å²) < 4.78 is 0. The first-order valence-electron chi connectivity index (χ1n) is 11.4. The summed E-state index contributed by atoms with van der Waals surface area (Å²) in [7, 11) is 0. The van der Waals surface area contributed by atoms with E-state index < -0.39 is 0 Å². The van der Waals surface area contributed by atoms with Gasteiger partial charge in [0, 0.05) is 17.8 Å². The molecule has 0 aromatic heterocycles. The minimum absolute atomic E-state index is 0.183. The SMILES string of the molecule is CC(C)Cc1ccc(C(C)C(=O)NC(=S)Nc2cccc(C(=O)NCc3ccccc3)c2)cc1. The standard InChI is InChI=1S/C28H31N3O2S/c1-19(2)16-21-12-14-23(15-13-21)20(3)26(32)31-28(34)30-25-11-7-10-24(17-25)27(33)29-18-22-8-5-4-6-9-22/h4-15,17,19-20H,16,18H2,1-3H3,(H,29,33)(H2,30,31,32,34). The van der Waals surface area contributed by atoms with Crippen molar-refractivity contribution in [2.75, 3.05) is 5.32 Å². The largest absolute Gasteiger partial charge is 0.348 e. The average Bonchev–Trinajstić information content (AvgIpc) is 2.83. The number of carbonyl (C=O) groups excluding carboxylic acids is 2. The summed E-state index contributed by atoms with van der Waals surface area (Å²) >= 11 is 5.33. The summed E-state index contributed by atoms with van der Waals surface area (Å²) in [5.41, 5.74) is 4.35. The number of amides is 2. The van der Waals surface area contributed by atoms with E-state index in [0.29, 0.717) is 23.7 Å². The Morgan fingerprint density at radius 1 is 0.853 bits per heavy atom. The van der Waals surface area contributed by atoms with Gasteiger partial charge in [0.1, 0.15) is 0 Å². The number of thiocarbonyl (C=S) groups is 1. The second-order valence-corrected chi connectivity index (χ2v) is 9.16. The lowest BCUT2D eigenvalue weighted by Crippen LogP contribution is -2.36. The molecule has 1 atom stereocenters. The highest BCUT2D eigenvalue weighted by molar-refractivity contribution is 7.80. The van der Waals surface area contributed by atoms with Gasteiger partial charge in [-0.05, 0) is 66.4 Å². The van der Waals surface area contributed by atoms with Crippen LogP contribution in [0.25, 0.3) is 0 Å². The van der Waals surface area contributed by atoms with Crippen LogP contribution in [0.1, 0.15) is 53.7 Å². The van der Waals surface area contributed by atoms with E-state index >= 15 is 0 Å². The molecular formula is C28H31N3O2S. The van der Waals surface area contributed by atoms with E-state index in [4.69, 9.17) is 12.2 Å². The molecule has 3 N–H and O–H groups in total. The van der Waals surface area contributed by atoms with Gasteiger partial charge in [-0.15, -0.1) is 0 Å². The van der Waals surface area contributed by atoms with Crippen LogP contribution in [0, 0.1) is 5.92 Å². The second kappa shape index (κ2) is 12.1. The number of rotatable bonds is 8. The molecule has 0 spiro atoms. The van der Waals surface area contributed by atoms with Crippen molar-refractivity contribution in [1.82, 2.24) is 10.6 Å². The number of hydrogen-bond donors (Lipinski definition) is 3. The second-order valence-electron chi connectivity index (χ2n) is 8.75. The minimum atomic E-state index is -0.344. The quantitative estimate of drug-likeness (QED) is 0.382. The molecule has 6 heteroatoms. The van der Waals surface area contributed by atoms with Crippen LogP contribution in [0.2, 0.25) is 0 Å². The van der Waals surface area contributed by atoms with Crippen molar-refractivity contribution in [2.24, 2.45) is 5.92 Å². The van der Waals surface area contributed by atoms with Gasteiger partial charge in [0.25, 0.3) is 5.91 Å². The highest BCUT2D eigenvalue weighted by atomic mass is 32.1. The average molecular weight is 474 g/mol. The van der Waals surface area contributed by atoms with Crippen molar-refractivity contribution in [3.05, 3.63) is 101 Å². The highest BCUT2D eigenvalue weighted by Crippen LogP contribution is 2.18. The zero-order valence-electron chi connectivity index (χ0n) is 19.8. The molecule has 0 aliphatic heterocycles. The van der Waals surface area contributed by atoms with Gasteiger partial charge in [-0.25, -0.2) is 0 Å². The molecule has 0 heterocycles. The van der Waals surface area contributed by atoms with Crippen molar-refractivity contribution in [3.63, 3.8) is 0 Å². The first kappa shape index (κ1) is 25.1. The Bertz CT molecular complexity index is 1130. The fourth-order valence-electron chi connectivity index (χ4n) is 3.57. The molecule has 0 saturated heterocycles. The maximum absolute atomic E-state index is 12.7. The third-order valence-electron chi connectivity index (χ3n) is 5.43. The lowest BCUT2D eigenvalue weighted by molar-refractivity contribution is -0.120. The molecule has 2 amide bonds. The van der Waals surface area contributed by atoms with Gasteiger partial charge < -0.3 is 16.0 Å². The van der Waals surface area contributed by atoms with Crippen LogP contribution in [-0.2, 0) is 17.8 Å². The normalized spacial score (nSPS) is 11.5. The van der Waals surface area contributed by atoms with Gasteiger partial charge in [0.15, 0.2) is 5.11 Å². The Labute approximate surface area is 207 Å². The van der Waals surface area contributed by atoms with Crippen molar-refractivity contribution < 1.29 is 9.59 Å². The van der Waals surface area contributed by atoms with Gasteiger partial charge in [-0.3, -0.25) is 9.59 Å². The lowest BCUT2D eigenvalue weighted by Gasteiger charge is -2.15. The molecule has 34 heavy (non-hydrogen) atoms. The van der Waals surface area contributed by atoms with E-state index in [1.165, 1.54) is 5.56 Å². The van der Waals surface area contributed by atoms with E-state index in [2.05, 4.69) is 41.9 Å². The van der Waals surface area contributed by atoms with Gasteiger partial charge in [-0.1, -0.05) is 74.5 Å². The van der Waals surface area contributed by atoms with Gasteiger partial charge in [0.05, 0.1) is 5.92 Å². The molecule has 3 aromatic rings. The smallest absolute Gasteiger partial charge is 0.251 e. The van der Waals surface area contributed by atoms with Crippen LogP contribution in [0.4, 0.5) is 5.69 Å². The molecule has 0 bridgehead atoms. The van der Waals surface area contributed by atoms with Crippen LogP contribution in [0.15, 0.2) is 78.9 Å². The molecule has 1 unspecified atom stereocenters. The molecule has 0 radical (unpaired) electrons. The van der Waals surface area contributed by atoms with Gasteiger partial charge in [0.2, 0.25) is 5.91 Å². The van der Waals surface area contributed by atoms with E-state index in [0.717, 1.165) is 17.5 Å². The maximum atomic E-state index is 12.7. The fourth-order valence-corrected chi connectivity index (χ4v) is 3.78. The molecule has 3 aromatic carbocycles. The zero-order chi connectivity index (χ0) is 24.5. The molecule has 0 fully saturated rings. The van der Waals surface area contributed by atoms with E-state index in [1.807, 2.05) is 49.4 Å². The van der Waals surface area contributed by atoms with E-state index in [1.54, 1.807) is 24.3 Å². The molecule has 176 valence electrons. The van der Waals surface area contributed by atoms with Gasteiger partial charge >= 0.3 is 0 Å². The van der Waals surface area contributed by atoms with Crippen LogP contribution in [0.5, 0.6) is 0 Å². The predicted octanol–water partition coefficient (Wildman–Crippen LogP) is 5.43. The number of carbonyl (C=O) groups is 2. The summed E-state index contributed by atoms with van der Waals surface area (Å²) in [4.78, 5) is 25.2. The maximum Gasteiger partial charge on any atom is 0.251 e.